The second-order valence-electron chi connectivity index (χ2n) is 15.9. The molecular formula is C55H89NO5. The smallest absolute Gasteiger partial charge is 0.306 e. The number of unbranched alkanes of at least 4 members (excludes halogenated alkanes) is 14. The predicted molar refractivity (Wildman–Crippen MR) is 263 cm³/mol. The molecule has 0 aliphatic rings. The molecule has 0 heterocycles. The molecule has 0 radical (unpaired) electrons. The minimum absolute atomic E-state index is 0.00357. The zero-order chi connectivity index (χ0) is 44.5. The minimum atomic E-state index is -0.823. The van der Waals surface area contributed by atoms with E-state index in [9.17, 15) is 19.8 Å². The molecule has 0 aromatic heterocycles. The number of amides is 1. The van der Waals surface area contributed by atoms with Crippen LogP contribution in [0.4, 0.5) is 0 Å². The van der Waals surface area contributed by atoms with Gasteiger partial charge in [-0.25, -0.2) is 0 Å². The lowest BCUT2D eigenvalue weighted by atomic mass is 10.0. The molecule has 0 fully saturated rings. The van der Waals surface area contributed by atoms with Crippen LogP contribution in [0.5, 0.6) is 0 Å². The standard InChI is InChI=1S/C55H89NO5/c1-4-7-10-13-16-19-22-24-26-27-29-31-33-36-39-42-45-48-55(60)61-51(46-43-40-37-34-32-30-28-25-23-20-17-14-11-8-5-2)49-54(59)56-52(50-57)53(58)47-44-41-38-35-21-18-15-12-9-6-3/h8,11,14,16-17,19-20,23-26,28-32,34,36-37,39,51-53,57-58H,4-7,9-10,12-13,15,18,21-22,27,33,35,38,40-50H2,1-3H3,(H,56,59)/b11-8-,17-14+,19-16-,23-20+,26-24-,28-25-,31-29-,32-30+,37-34+,39-36-. The fourth-order valence-electron chi connectivity index (χ4n) is 6.52. The lowest BCUT2D eigenvalue weighted by Crippen LogP contribution is -2.46. The van der Waals surface area contributed by atoms with Crippen molar-refractivity contribution in [2.75, 3.05) is 6.61 Å². The molecule has 0 bridgehead atoms. The second kappa shape index (κ2) is 47.3. The number of carbonyl (C=O) groups excluding carboxylic acids is 2. The Kier molecular flexibility index (Phi) is 44.4. The molecule has 3 unspecified atom stereocenters. The maximum atomic E-state index is 13.2. The van der Waals surface area contributed by atoms with Crippen LogP contribution in [-0.2, 0) is 14.3 Å². The Labute approximate surface area is 374 Å². The van der Waals surface area contributed by atoms with Gasteiger partial charge in [0.15, 0.2) is 0 Å². The number of hydrogen-bond acceptors (Lipinski definition) is 5. The number of esters is 1. The summed E-state index contributed by atoms with van der Waals surface area (Å²) in [6.45, 7) is 6.24. The summed E-state index contributed by atoms with van der Waals surface area (Å²) in [5.74, 6) is -0.632. The summed E-state index contributed by atoms with van der Waals surface area (Å²) < 4.78 is 5.85. The van der Waals surface area contributed by atoms with E-state index in [0.717, 1.165) is 64.2 Å². The summed E-state index contributed by atoms with van der Waals surface area (Å²) in [4.78, 5) is 26.0. The first-order chi connectivity index (χ1) is 30.0. The molecule has 0 aliphatic heterocycles. The van der Waals surface area contributed by atoms with E-state index < -0.39 is 18.2 Å². The normalized spacial score (nSPS) is 14.4. The van der Waals surface area contributed by atoms with Gasteiger partial charge in [0.2, 0.25) is 5.91 Å². The first-order valence-electron chi connectivity index (χ1n) is 24.3. The molecule has 0 saturated heterocycles. The van der Waals surface area contributed by atoms with Crippen molar-refractivity contribution in [1.29, 1.82) is 0 Å². The van der Waals surface area contributed by atoms with Gasteiger partial charge < -0.3 is 20.3 Å². The molecule has 6 heteroatoms. The van der Waals surface area contributed by atoms with Crippen LogP contribution >= 0.6 is 0 Å². The van der Waals surface area contributed by atoms with Gasteiger partial charge in [0, 0.05) is 6.42 Å². The first kappa shape index (κ1) is 57.3. The van der Waals surface area contributed by atoms with Crippen LogP contribution in [0.3, 0.4) is 0 Å². The highest BCUT2D eigenvalue weighted by molar-refractivity contribution is 5.77. The van der Waals surface area contributed by atoms with Gasteiger partial charge in [-0.05, 0) is 77.0 Å². The lowest BCUT2D eigenvalue weighted by Gasteiger charge is -2.24. The van der Waals surface area contributed by atoms with Crippen molar-refractivity contribution in [3.63, 3.8) is 0 Å². The zero-order valence-corrected chi connectivity index (χ0v) is 39.0. The summed E-state index contributed by atoms with van der Waals surface area (Å²) >= 11 is 0. The van der Waals surface area contributed by atoms with Gasteiger partial charge in [-0.2, -0.15) is 0 Å². The third-order valence-corrected chi connectivity index (χ3v) is 10.2. The predicted octanol–water partition coefficient (Wildman–Crippen LogP) is 14.5. The minimum Gasteiger partial charge on any atom is -0.462 e. The number of allylic oxidation sites excluding steroid dienone is 20. The van der Waals surface area contributed by atoms with Crippen LogP contribution < -0.4 is 5.32 Å². The molecule has 3 atom stereocenters. The third-order valence-electron chi connectivity index (χ3n) is 10.2. The highest BCUT2D eigenvalue weighted by Crippen LogP contribution is 2.15. The molecule has 61 heavy (non-hydrogen) atoms. The van der Waals surface area contributed by atoms with Crippen LogP contribution in [0.1, 0.15) is 188 Å². The zero-order valence-electron chi connectivity index (χ0n) is 39.0. The van der Waals surface area contributed by atoms with Crippen molar-refractivity contribution in [3.8, 4) is 0 Å². The Morgan fingerprint density at radius 1 is 0.508 bits per heavy atom. The van der Waals surface area contributed by atoms with Crippen LogP contribution in [-0.4, -0.2) is 46.9 Å². The number of hydrogen-bond donors (Lipinski definition) is 3. The van der Waals surface area contributed by atoms with E-state index in [0.29, 0.717) is 19.3 Å². The molecule has 1 amide bonds. The van der Waals surface area contributed by atoms with Crippen LogP contribution in [0.2, 0.25) is 0 Å². The first-order valence-corrected chi connectivity index (χ1v) is 24.3. The van der Waals surface area contributed by atoms with E-state index in [4.69, 9.17) is 4.74 Å². The summed E-state index contributed by atoms with van der Waals surface area (Å²) in [6.07, 6.45) is 65.5. The van der Waals surface area contributed by atoms with Gasteiger partial charge in [0.1, 0.15) is 6.10 Å². The van der Waals surface area contributed by atoms with Gasteiger partial charge in [0.25, 0.3) is 0 Å². The van der Waals surface area contributed by atoms with Crippen LogP contribution in [0.25, 0.3) is 0 Å². The SMILES string of the molecule is CC\C=C/C=C/C=C/C=C\C=C\C=C\CCCC(CC(=O)NC(CO)C(O)CCCCCCCCCCCC)OC(=O)CCC/C=C\C/C=C\C/C=C\C/C=C\CCCCC. The number of rotatable bonds is 41. The fourth-order valence-corrected chi connectivity index (χ4v) is 6.52. The van der Waals surface area contributed by atoms with Crippen LogP contribution in [0, 0.1) is 0 Å². The Morgan fingerprint density at radius 2 is 0.967 bits per heavy atom. The number of ether oxygens (including phenoxy) is 1. The third kappa shape index (κ3) is 42.7. The molecule has 0 saturated carbocycles. The van der Waals surface area contributed by atoms with Crippen molar-refractivity contribution in [1.82, 2.24) is 5.32 Å². The van der Waals surface area contributed by atoms with Crippen molar-refractivity contribution in [3.05, 3.63) is 122 Å². The highest BCUT2D eigenvalue weighted by atomic mass is 16.5. The maximum absolute atomic E-state index is 13.2. The molecule has 0 aromatic rings. The molecular weight excluding hydrogens is 755 g/mol. The molecule has 0 aromatic carbocycles. The monoisotopic (exact) mass is 844 g/mol. The van der Waals surface area contributed by atoms with E-state index in [1.165, 1.54) is 70.6 Å². The van der Waals surface area contributed by atoms with Gasteiger partial charge >= 0.3 is 5.97 Å². The average Bonchev–Trinajstić information content (AvgIpc) is 3.25. The average molecular weight is 844 g/mol. The lowest BCUT2D eigenvalue weighted by molar-refractivity contribution is -0.151. The van der Waals surface area contributed by atoms with Gasteiger partial charge in [-0.1, -0.05) is 219 Å². The largest absolute Gasteiger partial charge is 0.462 e. The quantitative estimate of drug-likeness (QED) is 0.0247. The molecule has 344 valence electrons. The number of nitrogens with one attached hydrogen (secondary N) is 1. The van der Waals surface area contributed by atoms with Crippen molar-refractivity contribution >= 4 is 11.9 Å². The highest BCUT2D eigenvalue weighted by Gasteiger charge is 2.23. The van der Waals surface area contributed by atoms with E-state index in [-0.39, 0.29) is 31.3 Å². The van der Waals surface area contributed by atoms with Crippen molar-refractivity contribution < 1.29 is 24.5 Å². The summed E-state index contributed by atoms with van der Waals surface area (Å²) in [6, 6.07) is -0.744. The van der Waals surface area contributed by atoms with Crippen LogP contribution in [0.15, 0.2) is 122 Å². The maximum Gasteiger partial charge on any atom is 0.306 e. The summed E-state index contributed by atoms with van der Waals surface area (Å²) in [5.41, 5.74) is 0. The van der Waals surface area contributed by atoms with E-state index in [2.05, 4.69) is 86.8 Å². The topological polar surface area (TPSA) is 95.9 Å². The van der Waals surface area contributed by atoms with Gasteiger partial charge in [0.05, 0.1) is 25.2 Å². The number of carbonyl (C=O) groups is 2. The van der Waals surface area contributed by atoms with E-state index in [1.54, 1.807) is 0 Å². The summed E-state index contributed by atoms with van der Waals surface area (Å²) in [7, 11) is 0. The van der Waals surface area contributed by atoms with E-state index in [1.807, 2.05) is 60.8 Å². The van der Waals surface area contributed by atoms with Gasteiger partial charge in [-0.15, -0.1) is 0 Å². The molecule has 3 N–H and O–H groups in total. The Morgan fingerprint density at radius 3 is 1.51 bits per heavy atom. The van der Waals surface area contributed by atoms with Crippen molar-refractivity contribution in [2.45, 2.75) is 206 Å². The fraction of sp³-hybridized carbons (Fsp3) is 0.600. The number of aliphatic hydroxyl groups excluding tert-OH is 2. The van der Waals surface area contributed by atoms with E-state index >= 15 is 0 Å². The Bertz CT molecular complexity index is 1310. The molecule has 6 nitrogen and oxygen atoms in total. The second-order valence-corrected chi connectivity index (χ2v) is 15.9. The Hall–Kier alpha value is -3.74. The molecule has 0 rings (SSSR count). The summed E-state index contributed by atoms with van der Waals surface area (Å²) in [5, 5.41) is 23.6. The molecule has 0 spiro atoms. The number of aliphatic hydroxyl groups is 2. The van der Waals surface area contributed by atoms with Crippen molar-refractivity contribution in [2.24, 2.45) is 0 Å². The molecule has 0 aliphatic carbocycles. The van der Waals surface area contributed by atoms with Gasteiger partial charge in [-0.3, -0.25) is 9.59 Å². The Balaban J connectivity index is 4.87.